The maximum absolute atomic E-state index is 12.9. The van der Waals surface area contributed by atoms with Crippen molar-refractivity contribution in [3.05, 3.63) is 53.6 Å². The van der Waals surface area contributed by atoms with Crippen molar-refractivity contribution in [2.24, 2.45) is 0 Å². The predicted octanol–water partition coefficient (Wildman–Crippen LogP) is 3.29. The molecular formula is C20H24N2O4S. The van der Waals surface area contributed by atoms with Gasteiger partial charge in [-0.15, -0.1) is 0 Å². The zero-order valence-corrected chi connectivity index (χ0v) is 16.4. The van der Waals surface area contributed by atoms with Crippen LogP contribution in [0.1, 0.15) is 35.7 Å². The van der Waals surface area contributed by atoms with Crippen LogP contribution in [0.25, 0.3) is 0 Å². The van der Waals surface area contributed by atoms with Gasteiger partial charge in [0.2, 0.25) is 0 Å². The zero-order chi connectivity index (χ0) is 19.4. The van der Waals surface area contributed by atoms with E-state index in [2.05, 4.69) is 4.72 Å². The summed E-state index contributed by atoms with van der Waals surface area (Å²) in [6, 6.07) is 11.7. The SMILES string of the molecule is CCc1ccccc1NS(=O)(=O)c1ccc(OC)c(C(=O)N2CCCC2)c1. The van der Waals surface area contributed by atoms with Gasteiger partial charge in [-0.25, -0.2) is 8.42 Å². The smallest absolute Gasteiger partial charge is 0.261 e. The van der Waals surface area contributed by atoms with Crippen LogP contribution < -0.4 is 9.46 Å². The van der Waals surface area contributed by atoms with E-state index in [1.54, 1.807) is 17.0 Å². The number of amides is 1. The number of hydrogen-bond acceptors (Lipinski definition) is 4. The number of aryl methyl sites for hydroxylation is 1. The maximum Gasteiger partial charge on any atom is 0.261 e. The van der Waals surface area contributed by atoms with E-state index in [0.717, 1.165) is 18.4 Å². The number of benzene rings is 2. The second-order valence-corrected chi connectivity index (χ2v) is 8.16. The van der Waals surface area contributed by atoms with E-state index in [4.69, 9.17) is 4.74 Å². The molecule has 144 valence electrons. The summed E-state index contributed by atoms with van der Waals surface area (Å²) in [6.07, 6.45) is 2.63. The number of nitrogens with zero attached hydrogens (tertiary/aromatic N) is 1. The summed E-state index contributed by atoms with van der Waals surface area (Å²) in [5, 5.41) is 0. The fourth-order valence-corrected chi connectivity index (χ4v) is 4.37. The van der Waals surface area contributed by atoms with Gasteiger partial charge >= 0.3 is 0 Å². The van der Waals surface area contributed by atoms with Crippen molar-refractivity contribution >= 4 is 21.6 Å². The lowest BCUT2D eigenvalue weighted by Gasteiger charge is -2.18. The second kappa shape index (κ2) is 8.00. The van der Waals surface area contributed by atoms with Gasteiger partial charge in [0, 0.05) is 13.1 Å². The Hall–Kier alpha value is -2.54. The lowest BCUT2D eigenvalue weighted by Crippen LogP contribution is -2.28. The molecule has 27 heavy (non-hydrogen) atoms. The summed E-state index contributed by atoms with van der Waals surface area (Å²) in [5.41, 5.74) is 1.72. The minimum absolute atomic E-state index is 0.0387. The third-order valence-corrected chi connectivity index (χ3v) is 6.11. The van der Waals surface area contributed by atoms with Crippen LogP contribution in [0.3, 0.4) is 0 Å². The number of carbonyl (C=O) groups is 1. The number of nitrogens with one attached hydrogen (secondary N) is 1. The second-order valence-electron chi connectivity index (χ2n) is 6.48. The molecule has 0 unspecified atom stereocenters. The van der Waals surface area contributed by atoms with Gasteiger partial charge < -0.3 is 9.64 Å². The van der Waals surface area contributed by atoms with Crippen molar-refractivity contribution in [3.63, 3.8) is 0 Å². The molecule has 0 spiro atoms. The molecule has 0 radical (unpaired) electrons. The highest BCUT2D eigenvalue weighted by atomic mass is 32.2. The zero-order valence-electron chi connectivity index (χ0n) is 15.6. The highest BCUT2D eigenvalue weighted by Gasteiger charge is 2.25. The molecule has 0 bridgehead atoms. The molecular weight excluding hydrogens is 364 g/mol. The summed E-state index contributed by atoms with van der Waals surface area (Å²) in [6.45, 7) is 3.33. The summed E-state index contributed by atoms with van der Waals surface area (Å²) in [7, 11) is -2.35. The van der Waals surface area contributed by atoms with E-state index in [1.165, 1.54) is 25.3 Å². The molecule has 6 nitrogen and oxygen atoms in total. The van der Waals surface area contributed by atoms with Crippen molar-refractivity contribution in [3.8, 4) is 5.75 Å². The highest BCUT2D eigenvalue weighted by molar-refractivity contribution is 7.92. The molecule has 2 aromatic rings. The average Bonchev–Trinajstić information content (AvgIpc) is 3.22. The highest BCUT2D eigenvalue weighted by Crippen LogP contribution is 2.27. The van der Waals surface area contributed by atoms with Crippen LogP contribution in [-0.2, 0) is 16.4 Å². The number of hydrogen-bond donors (Lipinski definition) is 1. The van der Waals surface area contributed by atoms with Crippen molar-refractivity contribution in [1.29, 1.82) is 0 Å². The summed E-state index contributed by atoms with van der Waals surface area (Å²) >= 11 is 0. The van der Waals surface area contributed by atoms with E-state index in [-0.39, 0.29) is 16.4 Å². The Morgan fingerprint density at radius 2 is 1.85 bits per heavy atom. The third kappa shape index (κ3) is 4.08. The van der Waals surface area contributed by atoms with Gasteiger partial charge in [-0.1, -0.05) is 25.1 Å². The maximum atomic E-state index is 12.9. The Bertz CT molecular complexity index is 935. The van der Waals surface area contributed by atoms with Crippen molar-refractivity contribution in [1.82, 2.24) is 4.90 Å². The predicted molar refractivity (Wildman–Crippen MR) is 105 cm³/mol. The van der Waals surface area contributed by atoms with Gasteiger partial charge in [-0.05, 0) is 49.1 Å². The Morgan fingerprint density at radius 1 is 1.15 bits per heavy atom. The van der Waals surface area contributed by atoms with Crippen LogP contribution in [-0.4, -0.2) is 39.4 Å². The number of anilines is 1. The first-order valence-electron chi connectivity index (χ1n) is 9.04. The Labute approximate surface area is 160 Å². The van der Waals surface area contributed by atoms with Crippen LogP contribution in [0.4, 0.5) is 5.69 Å². The fourth-order valence-electron chi connectivity index (χ4n) is 3.24. The van der Waals surface area contributed by atoms with Gasteiger partial charge in [0.25, 0.3) is 15.9 Å². The summed E-state index contributed by atoms with van der Waals surface area (Å²) in [5.74, 6) is 0.176. The van der Waals surface area contributed by atoms with Crippen molar-refractivity contribution < 1.29 is 17.9 Å². The molecule has 1 aliphatic rings. The van der Waals surface area contributed by atoms with Gasteiger partial charge in [-0.3, -0.25) is 9.52 Å². The molecule has 1 N–H and O–H groups in total. The number of ether oxygens (including phenoxy) is 1. The van der Waals surface area contributed by atoms with E-state index in [1.807, 2.05) is 19.1 Å². The molecule has 1 heterocycles. The van der Waals surface area contributed by atoms with Crippen molar-refractivity contribution in [2.45, 2.75) is 31.1 Å². The Kier molecular flexibility index (Phi) is 5.70. The number of para-hydroxylation sites is 1. The summed E-state index contributed by atoms with van der Waals surface area (Å²) < 4.78 is 33.7. The monoisotopic (exact) mass is 388 g/mol. The van der Waals surface area contributed by atoms with Crippen LogP contribution in [0.5, 0.6) is 5.75 Å². The van der Waals surface area contributed by atoms with Crippen LogP contribution in [0.15, 0.2) is 47.4 Å². The van der Waals surface area contributed by atoms with Gasteiger partial charge in [0.1, 0.15) is 5.75 Å². The van der Waals surface area contributed by atoms with E-state index in [9.17, 15) is 13.2 Å². The largest absolute Gasteiger partial charge is 0.496 e. The first-order valence-corrected chi connectivity index (χ1v) is 10.5. The number of rotatable bonds is 6. The number of sulfonamides is 1. The lowest BCUT2D eigenvalue weighted by atomic mass is 10.1. The van der Waals surface area contributed by atoms with Crippen LogP contribution in [0, 0.1) is 0 Å². The lowest BCUT2D eigenvalue weighted by molar-refractivity contribution is 0.0789. The van der Waals surface area contributed by atoms with E-state index in [0.29, 0.717) is 30.9 Å². The van der Waals surface area contributed by atoms with Gasteiger partial charge in [0.15, 0.2) is 0 Å². The Morgan fingerprint density at radius 3 is 2.52 bits per heavy atom. The molecule has 0 aliphatic carbocycles. The van der Waals surface area contributed by atoms with Gasteiger partial charge in [-0.2, -0.15) is 0 Å². The molecule has 3 rings (SSSR count). The summed E-state index contributed by atoms with van der Waals surface area (Å²) in [4.78, 5) is 14.6. The molecule has 2 aromatic carbocycles. The molecule has 0 atom stereocenters. The molecule has 7 heteroatoms. The molecule has 1 fully saturated rings. The van der Waals surface area contributed by atoms with Crippen LogP contribution >= 0.6 is 0 Å². The molecule has 1 amide bonds. The Balaban J connectivity index is 1.95. The number of carbonyl (C=O) groups excluding carboxylic acids is 1. The molecule has 0 aromatic heterocycles. The quantitative estimate of drug-likeness (QED) is 0.824. The molecule has 1 aliphatic heterocycles. The van der Waals surface area contributed by atoms with E-state index < -0.39 is 10.0 Å². The molecule has 1 saturated heterocycles. The standard InChI is InChI=1S/C20H24N2O4S/c1-3-15-8-4-5-9-18(15)21-27(24,25)16-10-11-19(26-2)17(14-16)20(23)22-12-6-7-13-22/h4-5,8-11,14,21H,3,6-7,12-13H2,1-2H3. The first kappa shape index (κ1) is 19.2. The number of methoxy groups -OCH3 is 1. The third-order valence-electron chi connectivity index (χ3n) is 4.75. The number of likely N-dealkylation sites (tertiary alicyclic amines) is 1. The average molecular weight is 388 g/mol. The topological polar surface area (TPSA) is 75.7 Å². The van der Waals surface area contributed by atoms with Crippen molar-refractivity contribution in [2.75, 3.05) is 24.9 Å². The van der Waals surface area contributed by atoms with Crippen LogP contribution in [0.2, 0.25) is 0 Å². The normalized spacial score (nSPS) is 14.2. The minimum Gasteiger partial charge on any atom is -0.496 e. The first-order chi connectivity index (χ1) is 13.0. The minimum atomic E-state index is -3.83. The van der Waals surface area contributed by atoms with E-state index >= 15 is 0 Å². The van der Waals surface area contributed by atoms with Gasteiger partial charge in [0.05, 0.1) is 23.3 Å². The molecule has 0 saturated carbocycles. The fraction of sp³-hybridized carbons (Fsp3) is 0.350.